The maximum absolute atomic E-state index is 12.9. The van der Waals surface area contributed by atoms with Crippen LogP contribution in [0.25, 0.3) is 0 Å². The van der Waals surface area contributed by atoms with Gasteiger partial charge >= 0.3 is 0 Å². The largest absolute Gasteiger partial charge is 0.328 e. The summed E-state index contributed by atoms with van der Waals surface area (Å²) in [6.45, 7) is 4.43. The molecule has 6 nitrogen and oxygen atoms in total. The Labute approximate surface area is 254 Å². The molecule has 0 aliphatic carbocycles. The third-order valence-electron chi connectivity index (χ3n) is 8.28. The zero-order valence-corrected chi connectivity index (χ0v) is 27.4. The van der Waals surface area contributed by atoms with Gasteiger partial charge in [0.1, 0.15) is 0 Å². The van der Waals surface area contributed by atoms with Gasteiger partial charge in [0, 0.05) is 19.4 Å². The Balaban J connectivity index is 4.07. The van der Waals surface area contributed by atoms with E-state index in [0.717, 1.165) is 30.6 Å². The molecule has 0 fully saturated rings. The maximum atomic E-state index is 12.9. The molecule has 0 radical (unpaired) electrons. The summed E-state index contributed by atoms with van der Waals surface area (Å²) in [5.41, 5.74) is 11.4. The molecule has 0 heterocycles. The van der Waals surface area contributed by atoms with E-state index in [1.807, 2.05) is 0 Å². The Morgan fingerprint density at radius 3 is 0.951 bits per heavy atom. The van der Waals surface area contributed by atoms with Gasteiger partial charge in [0.2, 0.25) is 11.8 Å². The van der Waals surface area contributed by atoms with E-state index in [1.165, 1.54) is 128 Å². The first-order valence-corrected chi connectivity index (χ1v) is 17.8. The second-order valence-corrected chi connectivity index (χ2v) is 12.3. The van der Waals surface area contributed by atoms with Crippen molar-refractivity contribution in [1.82, 2.24) is 4.90 Å². The molecule has 0 saturated carbocycles. The predicted octanol–water partition coefficient (Wildman–Crippen LogP) is 9.12. The molecule has 0 rings (SSSR count). The van der Waals surface area contributed by atoms with Crippen LogP contribution in [0.15, 0.2) is 0 Å². The van der Waals surface area contributed by atoms with Crippen molar-refractivity contribution in [3.8, 4) is 0 Å². The van der Waals surface area contributed by atoms with Gasteiger partial charge in [-0.05, 0) is 12.8 Å². The fourth-order valence-electron chi connectivity index (χ4n) is 5.46. The smallest absolute Gasteiger partial charge is 0.254 e. The second-order valence-electron chi connectivity index (χ2n) is 12.3. The van der Waals surface area contributed by atoms with Gasteiger partial charge in [0.25, 0.3) is 5.91 Å². The Hall–Kier alpha value is -1.27. The lowest BCUT2D eigenvalue weighted by Gasteiger charge is -2.22. The minimum atomic E-state index is -1.01. The predicted molar refractivity (Wildman–Crippen MR) is 175 cm³/mol. The van der Waals surface area contributed by atoms with E-state index < -0.39 is 23.8 Å². The van der Waals surface area contributed by atoms with E-state index in [2.05, 4.69) is 13.8 Å². The lowest BCUT2D eigenvalue weighted by Crippen LogP contribution is -2.52. The molecule has 0 aromatic rings. The van der Waals surface area contributed by atoms with Crippen LogP contribution in [-0.4, -0.2) is 35.2 Å². The number of imide groups is 3. The maximum Gasteiger partial charge on any atom is 0.254 e. The number of nitrogens with two attached hydrogens (primary N) is 2. The standard InChI is InChI=1S/C35H69N3O3/c1-3-5-7-9-11-13-15-17-19-21-23-25-27-29-33(39)38(35(41)32(37)31-36)34(40)30-28-26-24-22-20-18-16-14-12-10-8-6-4-2/h32H,3-31,36-37H2,1-2H3. The molecule has 6 heteroatoms. The van der Waals surface area contributed by atoms with Crippen LogP contribution < -0.4 is 11.5 Å². The highest BCUT2D eigenvalue weighted by Crippen LogP contribution is 2.16. The summed E-state index contributed by atoms with van der Waals surface area (Å²) in [5, 5.41) is 0. The van der Waals surface area contributed by atoms with Gasteiger partial charge in [0.15, 0.2) is 0 Å². The lowest BCUT2D eigenvalue weighted by atomic mass is 10.0. The summed E-state index contributed by atoms with van der Waals surface area (Å²) in [6, 6.07) is -1.01. The number of hydrogen-bond donors (Lipinski definition) is 2. The van der Waals surface area contributed by atoms with E-state index in [0.29, 0.717) is 12.8 Å². The highest BCUT2D eigenvalue weighted by Gasteiger charge is 2.30. The lowest BCUT2D eigenvalue weighted by molar-refractivity contribution is -0.154. The molecule has 0 aliphatic heterocycles. The summed E-state index contributed by atoms with van der Waals surface area (Å²) in [7, 11) is 0. The molecule has 0 saturated heterocycles. The molecule has 0 aromatic carbocycles. The number of carbonyl (C=O) groups excluding carboxylic acids is 3. The van der Waals surface area contributed by atoms with Crippen LogP contribution in [0.1, 0.15) is 194 Å². The SMILES string of the molecule is CCCCCCCCCCCCCCCC(=O)N(C(=O)CCCCCCCCCCCCCCC)C(=O)C(N)CN. The van der Waals surface area contributed by atoms with Crippen LogP contribution in [0.5, 0.6) is 0 Å². The first-order valence-electron chi connectivity index (χ1n) is 17.8. The summed E-state index contributed by atoms with van der Waals surface area (Å²) < 4.78 is 0. The summed E-state index contributed by atoms with van der Waals surface area (Å²) in [5.74, 6) is -1.48. The molecule has 0 aromatic heterocycles. The fourth-order valence-corrected chi connectivity index (χ4v) is 5.46. The minimum Gasteiger partial charge on any atom is -0.328 e. The molecule has 4 N–H and O–H groups in total. The second kappa shape index (κ2) is 30.2. The Morgan fingerprint density at radius 2 is 0.707 bits per heavy atom. The highest BCUT2D eigenvalue weighted by atomic mass is 16.2. The van der Waals surface area contributed by atoms with E-state index >= 15 is 0 Å². The molecule has 242 valence electrons. The van der Waals surface area contributed by atoms with Gasteiger partial charge in [-0.1, -0.05) is 168 Å². The Morgan fingerprint density at radius 1 is 0.463 bits per heavy atom. The zero-order valence-electron chi connectivity index (χ0n) is 27.4. The van der Waals surface area contributed by atoms with Crippen molar-refractivity contribution in [3.05, 3.63) is 0 Å². The van der Waals surface area contributed by atoms with Crippen molar-refractivity contribution in [2.75, 3.05) is 6.54 Å². The summed E-state index contributed by atoms with van der Waals surface area (Å²) in [6.07, 6.45) is 32.2. The molecular formula is C35H69N3O3. The average Bonchev–Trinajstić information content (AvgIpc) is 2.97. The topological polar surface area (TPSA) is 106 Å². The van der Waals surface area contributed by atoms with Gasteiger partial charge in [-0.25, -0.2) is 4.90 Å². The molecule has 0 aliphatic rings. The average molecular weight is 580 g/mol. The monoisotopic (exact) mass is 580 g/mol. The van der Waals surface area contributed by atoms with Crippen LogP contribution in [0.4, 0.5) is 0 Å². The number of amides is 3. The molecule has 0 bridgehead atoms. The van der Waals surface area contributed by atoms with E-state index in [9.17, 15) is 14.4 Å². The van der Waals surface area contributed by atoms with E-state index in [4.69, 9.17) is 11.5 Å². The van der Waals surface area contributed by atoms with Crippen molar-refractivity contribution < 1.29 is 14.4 Å². The van der Waals surface area contributed by atoms with Crippen LogP contribution in [0, 0.1) is 0 Å². The minimum absolute atomic E-state index is 0.0760. The third kappa shape index (κ3) is 23.9. The van der Waals surface area contributed by atoms with Crippen molar-refractivity contribution in [1.29, 1.82) is 0 Å². The van der Waals surface area contributed by atoms with Gasteiger partial charge in [0.05, 0.1) is 6.04 Å². The summed E-state index contributed by atoms with van der Waals surface area (Å²) in [4.78, 5) is 39.3. The zero-order chi connectivity index (χ0) is 30.4. The molecule has 41 heavy (non-hydrogen) atoms. The van der Waals surface area contributed by atoms with Gasteiger partial charge in [-0.15, -0.1) is 0 Å². The normalized spacial score (nSPS) is 12.0. The quantitative estimate of drug-likeness (QED) is 0.0825. The number of hydrogen-bond acceptors (Lipinski definition) is 5. The van der Waals surface area contributed by atoms with Gasteiger partial charge in [-0.2, -0.15) is 0 Å². The number of carbonyl (C=O) groups is 3. The molecule has 0 spiro atoms. The highest BCUT2D eigenvalue weighted by molar-refractivity contribution is 6.12. The molecule has 1 atom stereocenters. The number of unbranched alkanes of at least 4 members (excludes halogenated alkanes) is 24. The fraction of sp³-hybridized carbons (Fsp3) is 0.914. The van der Waals surface area contributed by atoms with Crippen molar-refractivity contribution in [2.45, 2.75) is 200 Å². The van der Waals surface area contributed by atoms with E-state index in [1.54, 1.807) is 0 Å². The third-order valence-corrected chi connectivity index (χ3v) is 8.28. The Kier molecular flexibility index (Phi) is 29.3. The molecule has 3 amide bonds. The number of nitrogens with zero attached hydrogens (tertiary/aromatic N) is 1. The van der Waals surface area contributed by atoms with Crippen LogP contribution in [0.2, 0.25) is 0 Å². The summed E-state index contributed by atoms with van der Waals surface area (Å²) >= 11 is 0. The van der Waals surface area contributed by atoms with Crippen molar-refractivity contribution in [3.63, 3.8) is 0 Å². The Bertz CT molecular complexity index is 584. The first-order chi connectivity index (χ1) is 20.0. The molecule has 1 unspecified atom stereocenters. The van der Waals surface area contributed by atoms with Crippen molar-refractivity contribution in [2.24, 2.45) is 11.5 Å². The van der Waals surface area contributed by atoms with E-state index in [-0.39, 0.29) is 19.4 Å². The van der Waals surface area contributed by atoms with Crippen LogP contribution >= 0.6 is 0 Å². The van der Waals surface area contributed by atoms with Crippen LogP contribution in [0.3, 0.4) is 0 Å². The number of rotatable bonds is 30. The van der Waals surface area contributed by atoms with Gasteiger partial charge in [-0.3, -0.25) is 14.4 Å². The molecular weight excluding hydrogens is 510 g/mol. The van der Waals surface area contributed by atoms with Crippen LogP contribution in [-0.2, 0) is 14.4 Å². The van der Waals surface area contributed by atoms with Crippen molar-refractivity contribution >= 4 is 17.7 Å². The first kappa shape index (κ1) is 39.7. The van der Waals surface area contributed by atoms with Gasteiger partial charge < -0.3 is 11.5 Å².